The molecule has 114 valence electrons. The summed E-state index contributed by atoms with van der Waals surface area (Å²) in [4.78, 5) is 0.267. The topological polar surface area (TPSA) is 76.5 Å². The smallest absolute Gasteiger partial charge is 0.243 e. The minimum absolute atomic E-state index is 0.253. The van der Waals surface area contributed by atoms with Crippen molar-refractivity contribution in [2.24, 2.45) is 5.73 Å². The van der Waals surface area contributed by atoms with Crippen molar-refractivity contribution in [3.8, 4) is 0 Å². The number of rotatable bonds is 5. The molecule has 0 aliphatic heterocycles. The largest absolute Gasteiger partial charge is 0.472 e. The van der Waals surface area contributed by atoms with Gasteiger partial charge in [-0.25, -0.2) is 8.42 Å². The van der Waals surface area contributed by atoms with E-state index in [0.717, 1.165) is 15.6 Å². The third-order valence-electron chi connectivity index (χ3n) is 3.27. The Balaban J connectivity index is 2.41. The van der Waals surface area contributed by atoms with Crippen LogP contribution in [0.4, 0.5) is 0 Å². The lowest BCUT2D eigenvalue weighted by Gasteiger charge is -2.19. The molecule has 0 unspecified atom stereocenters. The zero-order valence-corrected chi connectivity index (χ0v) is 14.2. The molecule has 2 aromatic rings. The van der Waals surface area contributed by atoms with Gasteiger partial charge >= 0.3 is 0 Å². The molecule has 0 fully saturated rings. The van der Waals surface area contributed by atoms with Crippen LogP contribution in [0.3, 0.4) is 0 Å². The standard InChI is InChI=1S/C14H17BrN2O3S/c1-10-13(15)5-12(7-16)6-14(10)21(18,19)17(2)8-11-3-4-20-9-11/h3-6,9H,7-8,16H2,1-2H3. The summed E-state index contributed by atoms with van der Waals surface area (Å²) in [6.07, 6.45) is 3.05. The maximum atomic E-state index is 12.7. The van der Waals surface area contributed by atoms with E-state index < -0.39 is 10.0 Å². The van der Waals surface area contributed by atoms with Crippen LogP contribution in [0.25, 0.3) is 0 Å². The number of sulfonamides is 1. The van der Waals surface area contributed by atoms with Crippen LogP contribution in [0.1, 0.15) is 16.7 Å². The van der Waals surface area contributed by atoms with Crippen molar-refractivity contribution >= 4 is 26.0 Å². The van der Waals surface area contributed by atoms with E-state index in [9.17, 15) is 8.42 Å². The lowest BCUT2D eigenvalue weighted by Crippen LogP contribution is -2.27. The average molecular weight is 373 g/mol. The Morgan fingerprint density at radius 2 is 2.05 bits per heavy atom. The summed E-state index contributed by atoms with van der Waals surface area (Å²) in [6.45, 7) is 2.30. The Morgan fingerprint density at radius 1 is 1.33 bits per heavy atom. The number of furan rings is 1. The fourth-order valence-electron chi connectivity index (χ4n) is 1.99. The summed E-state index contributed by atoms with van der Waals surface area (Å²) in [5.41, 5.74) is 7.86. The molecule has 1 aromatic carbocycles. The zero-order valence-electron chi connectivity index (χ0n) is 11.8. The van der Waals surface area contributed by atoms with E-state index in [1.807, 2.05) is 6.07 Å². The minimum Gasteiger partial charge on any atom is -0.472 e. The first-order chi connectivity index (χ1) is 9.86. The second-order valence-electron chi connectivity index (χ2n) is 4.80. The normalized spacial score (nSPS) is 12.0. The Kier molecular flexibility index (Phi) is 4.88. The van der Waals surface area contributed by atoms with Crippen LogP contribution < -0.4 is 5.73 Å². The fourth-order valence-corrected chi connectivity index (χ4v) is 4.08. The van der Waals surface area contributed by atoms with Gasteiger partial charge in [0, 0.05) is 30.2 Å². The van der Waals surface area contributed by atoms with E-state index in [-0.39, 0.29) is 18.0 Å². The molecule has 0 aliphatic carbocycles. The van der Waals surface area contributed by atoms with Crippen molar-refractivity contribution in [1.29, 1.82) is 0 Å². The highest BCUT2D eigenvalue weighted by atomic mass is 79.9. The average Bonchev–Trinajstić information content (AvgIpc) is 2.94. The summed E-state index contributed by atoms with van der Waals surface area (Å²) < 4.78 is 32.5. The predicted molar refractivity (Wildman–Crippen MR) is 84.1 cm³/mol. The van der Waals surface area contributed by atoms with E-state index in [2.05, 4.69) is 15.9 Å². The van der Waals surface area contributed by atoms with Gasteiger partial charge in [-0.05, 0) is 36.2 Å². The van der Waals surface area contributed by atoms with Crippen molar-refractivity contribution in [1.82, 2.24) is 4.31 Å². The summed E-state index contributed by atoms with van der Waals surface area (Å²) in [5, 5.41) is 0. The van der Waals surface area contributed by atoms with E-state index in [0.29, 0.717) is 5.56 Å². The molecule has 0 bridgehead atoms. The van der Waals surface area contributed by atoms with Crippen LogP contribution in [0, 0.1) is 6.92 Å². The number of hydrogen-bond donors (Lipinski definition) is 1. The fraction of sp³-hybridized carbons (Fsp3) is 0.286. The van der Waals surface area contributed by atoms with Gasteiger partial charge in [-0.2, -0.15) is 4.31 Å². The number of halogens is 1. The first-order valence-corrected chi connectivity index (χ1v) is 8.56. The van der Waals surface area contributed by atoms with E-state index in [1.54, 1.807) is 26.1 Å². The van der Waals surface area contributed by atoms with Gasteiger partial charge in [0.2, 0.25) is 10.0 Å². The maximum absolute atomic E-state index is 12.7. The maximum Gasteiger partial charge on any atom is 0.243 e. The SMILES string of the molecule is Cc1c(Br)cc(CN)cc1S(=O)(=O)N(C)Cc1ccoc1. The second-order valence-corrected chi connectivity index (χ2v) is 7.67. The van der Waals surface area contributed by atoms with Gasteiger partial charge in [0.1, 0.15) is 0 Å². The van der Waals surface area contributed by atoms with Gasteiger partial charge in [-0.3, -0.25) is 0 Å². The third-order valence-corrected chi connectivity index (χ3v) is 6.02. The highest BCUT2D eigenvalue weighted by molar-refractivity contribution is 9.10. The molecular weight excluding hydrogens is 356 g/mol. The number of nitrogens with zero attached hydrogens (tertiary/aromatic N) is 1. The van der Waals surface area contributed by atoms with E-state index >= 15 is 0 Å². The van der Waals surface area contributed by atoms with Crippen molar-refractivity contribution in [2.75, 3.05) is 7.05 Å². The van der Waals surface area contributed by atoms with E-state index in [1.165, 1.54) is 16.8 Å². The van der Waals surface area contributed by atoms with Crippen LogP contribution in [-0.4, -0.2) is 19.8 Å². The van der Waals surface area contributed by atoms with Gasteiger partial charge in [0.15, 0.2) is 0 Å². The monoisotopic (exact) mass is 372 g/mol. The van der Waals surface area contributed by atoms with Crippen LogP contribution in [-0.2, 0) is 23.1 Å². The summed E-state index contributed by atoms with van der Waals surface area (Å²) >= 11 is 3.39. The van der Waals surface area contributed by atoms with Gasteiger partial charge in [0.05, 0.1) is 17.4 Å². The molecule has 0 amide bonds. The molecule has 0 radical (unpaired) electrons. The van der Waals surface area contributed by atoms with Crippen molar-refractivity contribution in [3.05, 3.63) is 51.9 Å². The molecule has 0 saturated heterocycles. The Morgan fingerprint density at radius 3 is 2.62 bits per heavy atom. The molecule has 0 spiro atoms. The molecule has 1 heterocycles. The summed E-state index contributed by atoms with van der Waals surface area (Å²) in [7, 11) is -2.05. The lowest BCUT2D eigenvalue weighted by atomic mass is 10.1. The third kappa shape index (κ3) is 3.37. The zero-order chi connectivity index (χ0) is 15.6. The molecule has 0 atom stereocenters. The van der Waals surface area contributed by atoms with Crippen LogP contribution in [0.5, 0.6) is 0 Å². The Hall–Kier alpha value is -1.15. The molecule has 21 heavy (non-hydrogen) atoms. The lowest BCUT2D eigenvalue weighted by molar-refractivity contribution is 0.462. The Bertz CT molecular complexity index is 727. The van der Waals surface area contributed by atoms with Gasteiger partial charge in [-0.15, -0.1) is 0 Å². The molecular formula is C14H17BrN2O3S. The highest BCUT2D eigenvalue weighted by Crippen LogP contribution is 2.28. The molecule has 2 rings (SSSR count). The van der Waals surface area contributed by atoms with Gasteiger partial charge < -0.3 is 10.2 Å². The summed E-state index contributed by atoms with van der Waals surface area (Å²) in [6, 6.07) is 5.21. The van der Waals surface area contributed by atoms with Crippen LogP contribution >= 0.6 is 15.9 Å². The highest BCUT2D eigenvalue weighted by Gasteiger charge is 2.24. The first-order valence-electron chi connectivity index (χ1n) is 6.32. The van der Waals surface area contributed by atoms with Crippen molar-refractivity contribution < 1.29 is 12.8 Å². The quantitative estimate of drug-likeness (QED) is 0.874. The number of hydrogen-bond acceptors (Lipinski definition) is 4. The molecule has 7 heteroatoms. The number of benzene rings is 1. The molecule has 1 aromatic heterocycles. The van der Waals surface area contributed by atoms with Gasteiger partial charge in [0.25, 0.3) is 0 Å². The van der Waals surface area contributed by atoms with Crippen LogP contribution in [0.15, 0.2) is 44.5 Å². The Labute approximate surface area is 132 Å². The minimum atomic E-state index is -3.59. The molecule has 5 nitrogen and oxygen atoms in total. The van der Waals surface area contributed by atoms with E-state index in [4.69, 9.17) is 10.2 Å². The molecule has 0 aliphatic rings. The number of nitrogens with two attached hydrogens (primary N) is 1. The van der Waals surface area contributed by atoms with Crippen LogP contribution in [0.2, 0.25) is 0 Å². The van der Waals surface area contributed by atoms with Gasteiger partial charge in [-0.1, -0.05) is 15.9 Å². The molecule has 0 saturated carbocycles. The van der Waals surface area contributed by atoms with Crippen molar-refractivity contribution in [3.63, 3.8) is 0 Å². The first kappa shape index (κ1) is 16.2. The predicted octanol–water partition coefficient (Wildman–Crippen LogP) is 2.63. The van der Waals surface area contributed by atoms with Crippen molar-refractivity contribution in [2.45, 2.75) is 24.9 Å². The molecule has 2 N–H and O–H groups in total. The summed E-state index contributed by atoms with van der Waals surface area (Å²) in [5.74, 6) is 0. The second kappa shape index (κ2) is 6.31.